The molecule has 1 aromatic heterocycles. The van der Waals surface area contributed by atoms with E-state index in [1.54, 1.807) is 12.1 Å². The number of hydrogen-bond acceptors (Lipinski definition) is 5. The minimum absolute atomic E-state index is 0.132. The topological polar surface area (TPSA) is 64.1 Å². The largest absolute Gasteiger partial charge is 0.493 e. The summed E-state index contributed by atoms with van der Waals surface area (Å²) in [6, 6.07) is 15.3. The summed E-state index contributed by atoms with van der Waals surface area (Å²) in [4.78, 5) is 12.1. The van der Waals surface area contributed by atoms with Crippen molar-refractivity contribution < 1.29 is 9.53 Å². The number of anilines is 1. The van der Waals surface area contributed by atoms with Crippen LogP contribution in [0.5, 0.6) is 5.75 Å². The standard InChI is InChI=1S/C20H20ClN3O2S/c1-2-14-5-9-17(10-6-14)26-12-11-19-23-24-20(27-19)22-18(25)13-15-3-7-16(21)8-4-15/h3-10H,2,11-13H2,1H3,(H,22,24,25). The summed E-state index contributed by atoms with van der Waals surface area (Å²) in [5.41, 5.74) is 2.18. The lowest BCUT2D eigenvalue weighted by Crippen LogP contribution is -2.14. The number of rotatable bonds is 8. The van der Waals surface area contributed by atoms with Crippen LogP contribution in [0.3, 0.4) is 0 Å². The van der Waals surface area contributed by atoms with E-state index in [0.717, 1.165) is 22.7 Å². The fourth-order valence-electron chi connectivity index (χ4n) is 2.43. The highest BCUT2D eigenvalue weighted by atomic mass is 35.5. The monoisotopic (exact) mass is 401 g/mol. The smallest absolute Gasteiger partial charge is 0.230 e. The fraction of sp³-hybridized carbons (Fsp3) is 0.250. The minimum Gasteiger partial charge on any atom is -0.493 e. The molecule has 1 heterocycles. The molecule has 0 fully saturated rings. The van der Waals surface area contributed by atoms with Crippen molar-refractivity contribution in [2.24, 2.45) is 0 Å². The molecule has 3 rings (SSSR count). The number of halogens is 1. The highest BCUT2D eigenvalue weighted by molar-refractivity contribution is 7.15. The molecule has 5 nitrogen and oxygen atoms in total. The van der Waals surface area contributed by atoms with Crippen molar-refractivity contribution in [1.82, 2.24) is 10.2 Å². The van der Waals surface area contributed by atoms with E-state index in [1.807, 2.05) is 24.3 Å². The normalized spacial score (nSPS) is 10.6. The van der Waals surface area contributed by atoms with Crippen molar-refractivity contribution in [3.63, 3.8) is 0 Å². The Morgan fingerprint density at radius 2 is 1.78 bits per heavy atom. The predicted octanol–water partition coefficient (Wildman–Crippen LogP) is 4.56. The van der Waals surface area contributed by atoms with Gasteiger partial charge in [-0.05, 0) is 41.8 Å². The summed E-state index contributed by atoms with van der Waals surface area (Å²) in [6.45, 7) is 2.63. The Bertz CT molecular complexity index is 879. The highest BCUT2D eigenvalue weighted by Crippen LogP contribution is 2.18. The number of carbonyl (C=O) groups is 1. The zero-order valence-electron chi connectivity index (χ0n) is 14.9. The van der Waals surface area contributed by atoms with E-state index in [2.05, 4.69) is 34.6 Å². The summed E-state index contributed by atoms with van der Waals surface area (Å²) in [6.07, 6.45) is 1.92. The van der Waals surface area contributed by atoms with Crippen molar-refractivity contribution in [2.75, 3.05) is 11.9 Å². The van der Waals surface area contributed by atoms with Gasteiger partial charge in [0.05, 0.1) is 13.0 Å². The van der Waals surface area contributed by atoms with E-state index in [1.165, 1.54) is 16.9 Å². The lowest BCUT2D eigenvalue weighted by molar-refractivity contribution is -0.115. The molecule has 0 aliphatic carbocycles. The summed E-state index contributed by atoms with van der Waals surface area (Å²) >= 11 is 7.21. The lowest BCUT2D eigenvalue weighted by atomic mass is 10.1. The highest BCUT2D eigenvalue weighted by Gasteiger charge is 2.09. The first-order chi connectivity index (χ1) is 13.1. The maximum atomic E-state index is 12.1. The van der Waals surface area contributed by atoms with Gasteiger partial charge in [0.25, 0.3) is 0 Å². The van der Waals surface area contributed by atoms with Crippen molar-refractivity contribution in [3.05, 3.63) is 69.7 Å². The number of carbonyl (C=O) groups excluding carboxylic acids is 1. The van der Waals surface area contributed by atoms with Crippen LogP contribution in [0.2, 0.25) is 5.02 Å². The van der Waals surface area contributed by atoms with Crippen molar-refractivity contribution in [2.45, 2.75) is 26.2 Å². The molecule has 0 aliphatic rings. The summed E-state index contributed by atoms with van der Waals surface area (Å²) in [7, 11) is 0. The van der Waals surface area contributed by atoms with E-state index in [4.69, 9.17) is 16.3 Å². The number of nitrogens with zero attached hydrogens (tertiary/aromatic N) is 2. The Morgan fingerprint density at radius 1 is 1.07 bits per heavy atom. The van der Waals surface area contributed by atoms with Gasteiger partial charge in [-0.15, -0.1) is 10.2 Å². The van der Waals surface area contributed by atoms with Crippen LogP contribution >= 0.6 is 22.9 Å². The number of aryl methyl sites for hydroxylation is 1. The molecule has 27 heavy (non-hydrogen) atoms. The van der Waals surface area contributed by atoms with Gasteiger partial charge in [0.1, 0.15) is 10.8 Å². The van der Waals surface area contributed by atoms with Crippen LogP contribution in [0.1, 0.15) is 23.1 Å². The van der Waals surface area contributed by atoms with Gasteiger partial charge in [-0.3, -0.25) is 4.79 Å². The molecule has 1 N–H and O–H groups in total. The van der Waals surface area contributed by atoms with Crippen molar-refractivity contribution >= 4 is 34.0 Å². The maximum Gasteiger partial charge on any atom is 0.230 e. The second-order valence-corrected chi connectivity index (χ2v) is 7.45. The SMILES string of the molecule is CCc1ccc(OCCc2nnc(NC(=O)Cc3ccc(Cl)cc3)s2)cc1. The second kappa shape index (κ2) is 9.48. The zero-order valence-corrected chi connectivity index (χ0v) is 16.5. The van der Waals surface area contributed by atoms with Crippen molar-refractivity contribution in [1.29, 1.82) is 0 Å². The van der Waals surface area contributed by atoms with Crippen LogP contribution in [-0.2, 0) is 24.1 Å². The van der Waals surface area contributed by atoms with Gasteiger partial charge in [-0.25, -0.2) is 0 Å². The molecular formula is C20H20ClN3O2S. The third-order valence-electron chi connectivity index (χ3n) is 3.91. The molecule has 0 radical (unpaired) electrons. The number of benzene rings is 2. The minimum atomic E-state index is -0.132. The van der Waals surface area contributed by atoms with E-state index < -0.39 is 0 Å². The molecule has 7 heteroatoms. The van der Waals surface area contributed by atoms with Gasteiger partial charge >= 0.3 is 0 Å². The molecule has 140 valence electrons. The Balaban J connectivity index is 1.44. The first-order valence-electron chi connectivity index (χ1n) is 8.71. The molecular weight excluding hydrogens is 382 g/mol. The number of hydrogen-bond donors (Lipinski definition) is 1. The van der Waals surface area contributed by atoms with Crippen LogP contribution in [-0.4, -0.2) is 22.7 Å². The summed E-state index contributed by atoms with van der Waals surface area (Å²) in [5, 5.41) is 12.9. The van der Waals surface area contributed by atoms with E-state index in [9.17, 15) is 4.79 Å². The van der Waals surface area contributed by atoms with Crippen LogP contribution in [0.4, 0.5) is 5.13 Å². The second-order valence-electron chi connectivity index (χ2n) is 5.95. The molecule has 0 bridgehead atoms. The van der Waals surface area contributed by atoms with Gasteiger partial charge in [-0.2, -0.15) is 0 Å². The molecule has 2 aromatic carbocycles. The average molecular weight is 402 g/mol. The quantitative estimate of drug-likeness (QED) is 0.601. The Labute approximate surface area is 167 Å². The molecule has 0 saturated heterocycles. The Kier molecular flexibility index (Phi) is 6.79. The molecule has 0 unspecified atom stereocenters. The third-order valence-corrected chi connectivity index (χ3v) is 5.06. The van der Waals surface area contributed by atoms with Gasteiger partial charge in [-0.1, -0.05) is 54.1 Å². The van der Waals surface area contributed by atoms with Gasteiger partial charge in [0.2, 0.25) is 11.0 Å². The van der Waals surface area contributed by atoms with E-state index in [-0.39, 0.29) is 12.3 Å². The predicted molar refractivity (Wildman–Crippen MR) is 109 cm³/mol. The van der Waals surface area contributed by atoms with E-state index >= 15 is 0 Å². The molecule has 0 saturated carbocycles. The van der Waals surface area contributed by atoms with Crippen LogP contribution < -0.4 is 10.1 Å². The molecule has 0 spiro atoms. The molecule has 0 atom stereocenters. The lowest BCUT2D eigenvalue weighted by Gasteiger charge is -2.05. The first-order valence-corrected chi connectivity index (χ1v) is 9.90. The summed E-state index contributed by atoms with van der Waals surface area (Å²) in [5.74, 6) is 0.709. The average Bonchev–Trinajstić information content (AvgIpc) is 3.11. The first kappa shape index (κ1) is 19.3. The molecule has 0 aliphatic heterocycles. The van der Waals surface area contributed by atoms with Gasteiger partial charge in [0, 0.05) is 11.4 Å². The maximum absolute atomic E-state index is 12.1. The van der Waals surface area contributed by atoms with Gasteiger partial charge < -0.3 is 10.1 Å². The number of aromatic nitrogens is 2. The number of nitrogens with one attached hydrogen (secondary N) is 1. The number of ether oxygens (including phenoxy) is 1. The Morgan fingerprint density at radius 3 is 2.48 bits per heavy atom. The zero-order chi connectivity index (χ0) is 19.1. The van der Waals surface area contributed by atoms with Crippen LogP contribution in [0, 0.1) is 0 Å². The third kappa shape index (κ3) is 6.05. The summed E-state index contributed by atoms with van der Waals surface area (Å²) < 4.78 is 5.73. The van der Waals surface area contributed by atoms with Crippen molar-refractivity contribution in [3.8, 4) is 5.75 Å². The van der Waals surface area contributed by atoms with Crippen LogP contribution in [0.25, 0.3) is 0 Å². The van der Waals surface area contributed by atoms with Gasteiger partial charge in [0.15, 0.2) is 0 Å². The molecule has 3 aromatic rings. The Hall–Kier alpha value is -2.44. The number of amides is 1. The molecule has 1 amide bonds. The van der Waals surface area contributed by atoms with E-state index in [0.29, 0.717) is 23.2 Å². The fourth-order valence-corrected chi connectivity index (χ4v) is 3.30. The van der Waals surface area contributed by atoms with Crippen LogP contribution in [0.15, 0.2) is 48.5 Å².